The van der Waals surface area contributed by atoms with Gasteiger partial charge in [-0.05, 0) is 81.1 Å². The molecule has 0 aromatic carbocycles. The summed E-state index contributed by atoms with van der Waals surface area (Å²) < 4.78 is 16.0. The van der Waals surface area contributed by atoms with E-state index in [0.717, 1.165) is 0 Å². The van der Waals surface area contributed by atoms with E-state index in [1.54, 1.807) is 62.3 Å². The van der Waals surface area contributed by atoms with Crippen LogP contribution in [0.15, 0.2) is 0 Å². The minimum Gasteiger partial charge on any atom is -0.460 e. The molecule has 0 spiro atoms. The van der Waals surface area contributed by atoms with Crippen molar-refractivity contribution < 1.29 is 28.6 Å². The maximum absolute atomic E-state index is 12.3. The van der Waals surface area contributed by atoms with Gasteiger partial charge in [0.1, 0.15) is 16.8 Å². The molecule has 2 N–H and O–H groups in total. The van der Waals surface area contributed by atoms with E-state index >= 15 is 0 Å². The van der Waals surface area contributed by atoms with Crippen molar-refractivity contribution in [2.75, 3.05) is 0 Å². The zero-order valence-corrected chi connectivity index (χ0v) is 19.7. The van der Waals surface area contributed by atoms with E-state index in [4.69, 9.17) is 19.9 Å². The Labute approximate surface area is 176 Å². The minimum absolute atomic E-state index is 0.0789. The summed E-state index contributed by atoms with van der Waals surface area (Å²) in [6.07, 6.45) is 1.11. The topological polar surface area (TPSA) is 105 Å². The fourth-order valence-corrected chi connectivity index (χ4v) is 2.67. The van der Waals surface area contributed by atoms with Gasteiger partial charge < -0.3 is 19.9 Å². The van der Waals surface area contributed by atoms with Gasteiger partial charge in [0.2, 0.25) is 0 Å². The molecule has 7 heteroatoms. The van der Waals surface area contributed by atoms with Crippen molar-refractivity contribution in [3.63, 3.8) is 0 Å². The van der Waals surface area contributed by atoms with Crippen molar-refractivity contribution in [1.82, 2.24) is 0 Å². The number of carbonyl (C=O) groups excluding carboxylic acids is 3. The molecular formula is C22H41NO6. The lowest BCUT2D eigenvalue weighted by atomic mass is 9.89. The van der Waals surface area contributed by atoms with E-state index in [0.29, 0.717) is 12.8 Å². The van der Waals surface area contributed by atoms with Crippen molar-refractivity contribution in [2.45, 2.75) is 117 Å². The Morgan fingerprint density at radius 1 is 0.655 bits per heavy atom. The number of ether oxygens (including phenoxy) is 3. The first-order valence-electron chi connectivity index (χ1n) is 10.3. The maximum atomic E-state index is 12.3. The van der Waals surface area contributed by atoms with Gasteiger partial charge in [0, 0.05) is 25.3 Å². The molecule has 7 nitrogen and oxygen atoms in total. The highest BCUT2D eigenvalue weighted by Crippen LogP contribution is 2.22. The Kier molecular flexibility index (Phi) is 10.3. The fraction of sp³-hybridized carbons (Fsp3) is 0.864. The normalized spacial score (nSPS) is 14.7. The molecule has 0 saturated carbocycles. The monoisotopic (exact) mass is 415 g/mol. The molecule has 170 valence electrons. The van der Waals surface area contributed by atoms with Crippen LogP contribution in [0.3, 0.4) is 0 Å². The summed E-state index contributed by atoms with van der Waals surface area (Å²) in [5.41, 5.74) is 4.55. The largest absolute Gasteiger partial charge is 0.460 e. The van der Waals surface area contributed by atoms with Crippen LogP contribution in [0.25, 0.3) is 0 Å². The lowest BCUT2D eigenvalue weighted by Gasteiger charge is -2.27. The van der Waals surface area contributed by atoms with Gasteiger partial charge in [-0.25, -0.2) is 0 Å². The molecule has 0 aliphatic heterocycles. The van der Waals surface area contributed by atoms with Gasteiger partial charge in [0.15, 0.2) is 0 Å². The van der Waals surface area contributed by atoms with Crippen LogP contribution in [-0.4, -0.2) is 40.8 Å². The van der Waals surface area contributed by atoms with Crippen molar-refractivity contribution in [3.8, 4) is 0 Å². The predicted molar refractivity (Wildman–Crippen MR) is 112 cm³/mol. The van der Waals surface area contributed by atoms with Gasteiger partial charge in [-0.3, -0.25) is 14.4 Å². The van der Waals surface area contributed by atoms with Crippen molar-refractivity contribution in [3.05, 3.63) is 0 Å². The van der Waals surface area contributed by atoms with Crippen LogP contribution in [0.2, 0.25) is 0 Å². The third-order valence-electron chi connectivity index (χ3n) is 3.70. The molecule has 0 saturated heterocycles. The van der Waals surface area contributed by atoms with E-state index in [1.165, 1.54) is 0 Å². The minimum atomic E-state index is -0.604. The predicted octanol–water partition coefficient (Wildman–Crippen LogP) is 3.91. The molecule has 0 aliphatic carbocycles. The molecule has 0 aromatic rings. The number of carbonyl (C=O) groups is 3. The molecule has 0 bridgehead atoms. The van der Waals surface area contributed by atoms with Crippen molar-refractivity contribution in [2.24, 2.45) is 11.7 Å². The summed E-state index contributed by atoms with van der Waals surface area (Å²) in [5, 5.41) is 0. The van der Waals surface area contributed by atoms with Gasteiger partial charge in [-0.1, -0.05) is 0 Å². The Morgan fingerprint density at radius 3 is 1.38 bits per heavy atom. The zero-order valence-electron chi connectivity index (χ0n) is 19.7. The second-order valence-corrected chi connectivity index (χ2v) is 10.5. The molecule has 0 amide bonds. The summed E-state index contributed by atoms with van der Waals surface area (Å²) in [5.74, 6) is -1.36. The van der Waals surface area contributed by atoms with E-state index in [1.807, 2.05) is 0 Å². The van der Waals surface area contributed by atoms with Crippen LogP contribution in [0.5, 0.6) is 0 Å². The molecule has 0 fully saturated rings. The molecule has 0 aliphatic rings. The van der Waals surface area contributed by atoms with Crippen LogP contribution >= 0.6 is 0 Å². The molecule has 0 aromatic heterocycles. The van der Waals surface area contributed by atoms with Crippen LogP contribution < -0.4 is 5.73 Å². The highest BCUT2D eigenvalue weighted by Gasteiger charge is 2.27. The molecule has 2 atom stereocenters. The molecule has 0 heterocycles. The lowest BCUT2D eigenvalue weighted by Crippen LogP contribution is -2.35. The average Bonchev–Trinajstić information content (AvgIpc) is 2.43. The Balaban J connectivity index is 4.94. The first-order chi connectivity index (χ1) is 12.9. The van der Waals surface area contributed by atoms with Crippen LogP contribution in [0.4, 0.5) is 0 Å². The Hall–Kier alpha value is -1.63. The van der Waals surface area contributed by atoms with Crippen LogP contribution in [-0.2, 0) is 28.6 Å². The average molecular weight is 416 g/mol. The Bertz CT molecular complexity index is 551. The number of esters is 3. The molecule has 0 radical (unpaired) electrons. The van der Waals surface area contributed by atoms with Gasteiger partial charge in [0.25, 0.3) is 0 Å². The third kappa shape index (κ3) is 15.9. The standard InChI is InChI=1S/C22H41NO6/c1-20(2,3)27-17(24)12-10-15(14-19(26)29-22(7,8)9)16(23)11-13-18(25)28-21(4,5)6/h15-16H,10-14,23H2,1-9H3. The highest BCUT2D eigenvalue weighted by molar-refractivity contribution is 5.72. The first-order valence-corrected chi connectivity index (χ1v) is 10.3. The van der Waals surface area contributed by atoms with Gasteiger partial charge in [0.05, 0.1) is 0 Å². The van der Waals surface area contributed by atoms with Crippen LogP contribution in [0.1, 0.15) is 94.4 Å². The SMILES string of the molecule is CC(C)(C)OC(=O)CCC(N)C(CCC(=O)OC(C)(C)C)CC(=O)OC(C)(C)C. The molecule has 29 heavy (non-hydrogen) atoms. The fourth-order valence-electron chi connectivity index (χ4n) is 2.67. The molecule has 0 rings (SSSR count). The first kappa shape index (κ1) is 27.4. The van der Waals surface area contributed by atoms with Crippen molar-refractivity contribution >= 4 is 17.9 Å². The third-order valence-corrected chi connectivity index (χ3v) is 3.70. The van der Waals surface area contributed by atoms with Gasteiger partial charge in [-0.2, -0.15) is 0 Å². The lowest BCUT2D eigenvalue weighted by molar-refractivity contribution is -0.159. The maximum Gasteiger partial charge on any atom is 0.306 e. The second-order valence-electron chi connectivity index (χ2n) is 10.5. The number of hydrogen-bond acceptors (Lipinski definition) is 7. The number of rotatable bonds is 9. The van der Waals surface area contributed by atoms with Crippen molar-refractivity contribution in [1.29, 1.82) is 0 Å². The number of hydrogen-bond donors (Lipinski definition) is 1. The second kappa shape index (κ2) is 11.0. The quantitative estimate of drug-likeness (QED) is 0.449. The summed E-state index contributed by atoms with van der Waals surface area (Å²) in [4.78, 5) is 36.3. The number of nitrogens with two attached hydrogens (primary N) is 1. The Morgan fingerprint density at radius 2 is 1.00 bits per heavy atom. The van der Waals surface area contributed by atoms with E-state index in [2.05, 4.69) is 0 Å². The summed E-state index contributed by atoms with van der Waals surface area (Å²) in [7, 11) is 0. The summed E-state index contributed by atoms with van der Waals surface area (Å²) >= 11 is 0. The molecular weight excluding hydrogens is 374 g/mol. The van der Waals surface area contributed by atoms with E-state index in [-0.39, 0.29) is 43.1 Å². The van der Waals surface area contributed by atoms with E-state index < -0.39 is 22.8 Å². The smallest absolute Gasteiger partial charge is 0.306 e. The summed E-state index contributed by atoms with van der Waals surface area (Å²) in [6, 6.07) is -0.447. The van der Waals surface area contributed by atoms with Crippen LogP contribution in [0, 0.1) is 5.92 Å². The highest BCUT2D eigenvalue weighted by atomic mass is 16.6. The molecule has 2 unspecified atom stereocenters. The van der Waals surface area contributed by atoms with Gasteiger partial charge in [-0.15, -0.1) is 0 Å². The summed E-state index contributed by atoms with van der Waals surface area (Å²) in [6.45, 7) is 16.2. The van der Waals surface area contributed by atoms with Gasteiger partial charge >= 0.3 is 17.9 Å². The van der Waals surface area contributed by atoms with E-state index in [9.17, 15) is 14.4 Å². The zero-order chi connectivity index (χ0) is 23.0.